The molecule has 1 aromatic heterocycles. The highest BCUT2D eigenvalue weighted by Gasteiger charge is 2.22. The molecule has 1 aliphatic rings. The number of para-hydroxylation sites is 2. The van der Waals surface area contributed by atoms with Crippen molar-refractivity contribution in [2.24, 2.45) is 0 Å². The summed E-state index contributed by atoms with van der Waals surface area (Å²) in [6.45, 7) is 0.661. The molecule has 20 heavy (non-hydrogen) atoms. The summed E-state index contributed by atoms with van der Waals surface area (Å²) in [6, 6.07) is 16.9. The molecule has 0 spiro atoms. The van der Waals surface area contributed by atoms with Gasteiger partial charge < -0.3 is 4.90 Å². The molecule has 4 nitrogen and oxygen atoms in total. The summed E-state index contributed by atoms with van der Waals surface area (Å²) in [7, 11) is 0. The van der Waals surface area contributed by atoms with Gasteiger partial charge in [-0.05, 0) is 24.3 Å². The Morgan fingerprint density at radius 2 is 1.55 bits per heavy atom. The van der Waals surface area contributed by atoms with Crippen molar-refractivity contribution >= 4 is 23.1 Å². The second-order valence-electron chi connectivity index (χ2n) is 4.54. The predicted octanol–water partition coefficient (Wildman–Crippen LogP) is 3.54. The van der Waals surface area contributed by atoms with Crippen molar-refractivity contribution in [2.45, 2.75) is 16.5 Å². The SMILES string of the molecule is c1ccc2c(c1)Sc1ccccc1N2Cn1cncn1. The van der Waals surface area contributed by atoms with Gasteiger partial charge >= 0.3 is 0 Å². The summed E-state index contributed by atoms with van der Waals surface area (Å²) >= 11 is 1.81. The Balaban J connectivity index is 1.84. The van der Waals surface area contributed by atoms with Gasteiger partial charge in [-0.2, -0.15) is 5.10 Å². The van der Waals surface area contributed by atoms with Crippen LogP contribution in [0.1, 0.15) is 0 Å². The molecular weight excluding hydrogens is 268 g/mol. The molecule has 0 unspecified atom stereocenters. The third-order valence-electron chi connectivity index (χ3n) is 3.28. The molecule has 98 valence electrons. The maximum absolute atomic E-state index is 4.21. The summed E-state index contributed by atoms with van der Waals surface area (Å²) < 4.78 is 1.84. The van der Waals surface area contributed by atoms with Crippen molar-refractivity contribution in [3.8, 4) is 0 Å². The Labute approximate surface area is 121 Å². The van der Waals surface area contributed by atoms with Crippen molar-refractivity contribution in [2.75, 3.05) is 4.90 Å². The smallest absolute Gasteiger partial charge is 0.137 e. The van der Waals surface area contributed by atoms with Crippen LogP contribution in [-0.4, -0.2) is 14.8 Å². The van der Waals surface area contributed by atoms with E-state index in [1.54, 1.807) is 12.7 Å². The van der Waals surface area contributed by atoms with Crippen LogP contribution in [0.4, 0.5) is 11.4 Å². The third-order valence-corrected chi connectivity index (χ3v) is 4.42. The van der Waals surface area contributed by atoms with Crippen LogP contribution in [0.2, 0.25) is 0 Å². The maximum Gasteiger partial charge on any atom is 0.137 e. The topological polar surface area (TPSA) is 34.0 Å². The number of anilines is 2. The van der Waals surface area contributed by atoms with Crippen LogP contribution in [0.3, 0.4) is 0 Å². The molecule has 5 heteroatoms. The van der Waals surface area contributed by atoms with Crippen LogP contribution in [0.5, 0.6) is 0 Å². The zero-order chi connectivity index (χ0) is 13.4. The molecule has 0 amide bonds. The lowest BCUT2D eigenvalue weighted by Crippen LogP contribution is -2.24. The Morgan fingerprint density at radius 3 is 2.15 bits per heavy atom. The molecule has 0 saturated carbocycles. The van der Waals surface area contributed by atoms with Gasteiger partial charge in [0, 0.05) is 9.79 Å². The van der Waals surface area contributed by atoms with Gasteiger partial charge in [-0.15, -0.1) is 0 Å². The number of rotatable bonds is 2. The second kappa shape index (κ2) is 4.68. The fourth-order valence-electron chi connectivity index (χ4n) is 2.38. The summed E-state index contributed by atoms with van der Waals surface area (Å²) in [4.78, 5) is 8.83. The van der Waals surface area contributed by atoms with Gasteiger partial charge in [-0.3, -0.25) is 0 Å². The van der Waals surface area contributed by atoms with Crippen LogP contribution in [0.25, 0.3) is 0 Å². The number of benzene rings is 2. The first-order chi connectivity index (χ1) is 9.92. The number of nitrogens with zero attached hydrogens (tertiary/aromatic N) is 4. The average molecular weight is 280 g/mol. The number of aromatic nitrogens is 3. The minimum atomic E-state index is 0.661. The first-order valence-electron chi connectivity index (χ1n) is 6.38. The Kier molecular flexibility index (Phi) is 2.70. The summed E-state index contributed by atoms with van der Waals surface area (Å²) in [5.74, 6) is 0. The van der Waals surface area contributed by atoms with E-state index >= 15 is 0 Å². The molecule has 3 aromatic rings. The van der Waals surface area contributed by atoms with Gasteiger partial charge in [-0.25, -0.2) is 9.67 Å². The van der Waals surface area contributed by atoms with E-state index in [2.05, 4.69) is 63.5 Å². The highest BCUT2D eigenvalue weighted by atomic mass is 32.2. The number of hydrogen-bond donors (Lipinski definition) is 0. The first kappa shape index (κ1) is 11.5. The lowest BCUT2D eigenvalue weighted by atomic mass is 10.2. The van der Waals surface area contributed by atoms with Crippen molar-refractivity contribution < 1.29 is 0 Å². The van der Waals surface area contributed by atoms with E-state index in [4.69, 9.17) is 0 Å². The van der Waals surface area contributed by atoms with E-state index in [1.165, 1.54) is 21.2 Å². The fraction of sp³-hybridized carbons (Fsp3) is 0.0667. The first-order valence-corrected chi connectivity index (χ1v) is 7.19. The molecule has 0 N–H and O–H groups in total. The quantitative estimate of drug-likeness (QED) is 0.719. The third kappa shape index (κ3) is 1.87. The van der Waals surface area contributed by atoms with E-state index in [9.17, 15) is 0 Å². The van der Waals surface area contributed by atoms with Crippen LogP contribution in [0, 0.1) is 0 Å². The van der Waals surface area contributed by atoms with Gasteiger partial charge in [0.15, 0.2) is 0 Å². The highest BCUT2D eigenvalue weighted by molar-refractivity contribution is 7.99. The van der Waals surface area contributed by atoms with Gasteiger partial charge in [0.05, 0.1) is 11.4 Å². The zero-order valence-electron chi connectivity index (χ0n) is 10.7. The Morgan fingerprint density at radius 1 is 0.900 bits per heavy atom. The molecule has 0 bridgehead atoms. The largest absolute Gasteiger partial charge is 0.319 e. The van der Waals surface area contributed by atoms with Crippen molar-refractivity contribution in [1.29, 1.82) is 0 Å². The molecule has 1 aliphatic heterocycles. The van der Waals surface area contributed by atoms with E-state index in [0.717, 1.165) is 0 Å². The molecule has 0 fully saturated rings. The lowest BCUT2D eigenvalue weighted by Gasteiger charge is -2.32. The molecule has 2 heterocycles. The number of hydrogen-bond acceptors (Lipinski definition) is 4. The van der Waals surface area contributed by atoms with E-state index in [-0.39, 0.29) is 0 Å². The Hall–Kier alpha value is -2.27. The molecule has 2 aromatic carbocycles. The predicted molar refractivity (Wildman–Crippen MR) is 79.2 cm³/mol. The molecule has 4 rings (SSSR count). The van der Waals surface area contributed by atoms with Gasteiger partial charge in [0.1, 0.15) is 19.3 Å². The molecule has 0 saturated heterocycles. The Bertz CT molecular complexity index is 694. The minimum absolute atomic E-state index is 0.661. The standard InChI is InChI=1S/C15H12N4S/c1-3-7-14-12(5-1)19(11-18-10-16-9-17-18)13-6-2-4-8-15(13)20-14/h1-10H,11H2. The monoisotopic (exact) mass is 280 g/mol. The minimum Gasteiger partial charge on any atom is -0.319 e. The van der Waals surface area contributed by atoms with Crippen LogP contribution in [0.15, 0.2) is 71.0 Å². The molecular formula is C15H12N4S. The van der Waals surface area contributed by atoms with E-state index < -0.39 is 0 Å². The number of fused-ring (bicyclic) bond motifs is 2. The lowest BCUT2D eigenvalue weighted by molar-refractivity contribution is 0.616. The summed E-state index contributed by atoms with van der Waals surface area (Å²) in [5, 5.41) is 4.21. The van der Waals surface area contributed by atoms with E-state index in [1.807, 2.05) is 16.4 Å². The molecule has 0 radical (unpaired) electrons. The molecule has 0 aliphatic carbocycles. The van der Waals surface area contributed by atoms with E-state index in [0.29, 0.717) is 6.67 Å². The van der Waals surface area contributed by atoms with Crippen molar-refractivity contribution in [1.82, 2.24) is 14.8 Å². The average Bonchev–Trinajstić information content (AvgIpc) is 3.00. The van der Waals surface area contributed by atoms with Crippen LogP contribution < -0.4 is 4.90 Å². The molecule has 0 atom stereocenters. The maximum atomic E-state index is 4.21. The second-order valence-corrected chi connectivity index (χ2v) is 5.63. The van der Waals surface area contributed by atoms with Crippen molar-refractivity contribution in [3.05, 3.63) is 61.2 Å². The van der Waals surface area contributed by atoms with Gasteiger partial charge in [0.2, 0.25) is 0 Å². The van der Waals surface area contributed by atoms with Crippen LogP contribution >= 0.6 is 11.8 Å². The van der Waals surface area contributed by atoms with Crippen molar-refractivity contribution in [3.63, 3.8) is 0 Å². The highest BCUT2D eigenvalue weighted by Crippen LogP contribution is 2.47. The fourth-order valence-corrected chi connectivity index (χ4v) is 3.48. The normalized spacial score (nSPS) is 12.9. The summed E-state index contributed by atoms with van der Waals surface area (Å²) in [6.07, 6.45) is 3.31. The van der Waals surface area contributed by atoms with Gasteiger partial charge in [0.25, 0.3) is 0 Å². The zero-order valence-corrected chi connectivity index (χ0v) is 11.5. The summed E-state index contributed by atoms with van der Waals surface area (Å²) in [5.41, 5.74) is 2.43. The van der Waals surface area contributed by atoms with Crippen LogP contribution in [-0.2, 0) is 6.67 Å². The van der Waals surface area contributed by atoms with Gasteiger partial charge in [-0.1, -0.05) is 36.0 Å².